The third-order valence-corrected chi connectivity index (χ3v) is 2.31. The molecule has 1 rings (SSSR count). The molecule has 0 spiro atoms. The van der Waals surface area contributed by atoms with Crippen LogP contribution in [0.2, 0.25) is 0 Å². The van der Waals surface area contributed by atoms with Gasteiger partial charge in [0.15, 0.2) is 5.78 Å². The van der Waals surface area contributed by atoms with Crippen LogP contribution in [0, 0.1) is 12.7 Å². The molecule has 0 aromatic heterocycles. The van der Waals surface area contributed by atoms with Crippen LogP contribution >= 0.6 is 11.8 Å². The SMILES string of the molecule is CSCC(=O)c1ccc(F)c(C)c1. The number of rotatable bonds is 3. The predicted molar refractivity (Wildman–Crippen MR) is 53.8 cm³/mol. The van der Waals surface area contributed by atoms with Gasteiger partial charge in [0.25, 0.3) is 0 Å². The minimum Gasteiger partial charge on any atom is -0.293 e. The fourth-order valence-electron chi connectivity index (χ4n) is 1.03. The summed E-state index contributed by atoms with van der Waals surface area (Å²) in [4.78, 5) is 11.4. The molecule has 0 aliphatic heterocycles. The molecule has 13 heavy (non-hydrogen) atoms. The van der Waals surface area contributed by atoms with E-state index in [0.29, 0.717) is 16.9 Å². The lowest BCUT2D eigenvalue weighted by Gasteiger charge is -2.01. The predicted octanol–water partition coefficient (Wildman–Crippen LogP) is 2.68. The zero-order valence-corrected chi connectivity index (χ0v) is 8.45. The maximum atomic E-state index is 12.8. The van der Waals surface area contributed by atoms with E-state index >= 15 is 0 Å². The second-order valence-corrected chi connectivity index (χ2v) is 3.69. The molecular weight excluding hydrogens is 187 g/mol. The minimum absolute atomic E-state index is 0.0515. The third kappa shape index (κ3) is 2.56. The van der Waals surface area contributed by atoms with Crippen LogP contribution in [0.5, 0.6) is 0 Å². The van der Waals surface area contributed by atoms with Crippen molar-refractivity contribution < 1.29 is 9.18 Å². The van der Waals surface area contributed by atoms with E-state index in [-0.39, 0.29) is 11.6 Å². The van der Waals surface area contributed by atoms with Crippen molar-refractivity contribution in [1.29, 1.82) is 0 Å². The van der Waals surface area contributed by atoms with Crippen LogP contribution in [0.4, 0.5) is 4.39 Å². The maximum absolute atomic E-state index is 12.8. The van der Waals surface area contributed by atoms with Crippen molar-refractivity contribution in [3.05, 3.63) is 35.1 Å². The molecular formula is C10H11FOS. The first-order valence-electron chi connectivity index (χ1n) is 3.93. The van der Waals surface area contributed by atoms with E-state index in [1.165, 1.54) is 23.9 Å². The lowest BCUT2D eigenvalue weighted by Crippen LogP contribution is -2.02. The van der Waals surface area contributed by atoms with Gasteiger partial charge in [-0.1, -0.05) is 0 Å². The summed E-state index contributed by atoms with van der Waals surface area (Å²) in [5.41, 5.74) is 1.11. The molecule has 0 amide bonds. The Balaban J connectivity index is 2.90. The molecule has 0 N–H and O–H groups in total. The number of carbonyl (C=O) groups is 1. The average molecular weight is 198 g/mol. The lowest BCUT2D eigenvalue weighted by molar-refractivity contribution is 0.102. The van der Waals surface area contributed by atoms with E-state index in [4.69, 9.17) is 0 Å². The van der Waals surface area contributed by atoms with Gasteiger partial charge in [0.1, 0.15) is 5.82 Å². The van der Waals surface area contributed by atoms with Gasteiger partial charge < -0.3 is 0 Å². The highest BCUT2D eigenvalue weighted by Gasteiger charge is 2.06. The number of carbonyl (C=O) groups excluding carboxylic acids is 1. The van der Waals surface area contributed by atoms with Crippen LogP contribution in [0.3, 0.4) is 0 Å². The Morgan fingerprint density at radius 2 is 2.23 bits per heavy atom. The van der Waals surface area contributed by atoms with Crippen LogP contribution < -0.4 is 0 Å². The van der Waals surface area contributed by atoms with Crippen molar-refractivity contribution in [1.82, 2.24) is 0 Å². The lowest BCUT2D eigenvalue weighted by atomic mass is 10.1. The van der Waals surface area contributed by atoms with E-state index in [1.54, 1.807) is 13.0 Å². The topological polar surface area (TPSA) is 17.1 Å². The fourth-order valence-corrected chi connectivity index (χ4v) is 1.46. The van der Waals surface area contributed by atoms with Crippen molar-refractivity contribution in [3.8, 4) is 0 Å². The number of hydrogen-bond acceptors (Lipinski definition) is 2. The zero-order chi connectivity index (χ0) is 9.84. The molecule has 0 aliphatic rings. The molecule has 1 nitrogen and oxygen atoms in total. The first-order chi connectivity index (χ1) is 6.15. The number of Topliss-reactive ketones (excluding diaryl/α,β-unsaturated/α-hetero) is 1. The molecule has 3 heteroatoms. The average Bonchev–Trinajstić information content (AvgIpc) is 2.10. The monoisotopic (exact) mass is 198 g/mol. The second-order valence-electron chi connectivity index (χ2n) is 2.82. The summed E-state index contributed by atoms with van der Waals surface area (Å²) >= 11 is 1.47. The van der Waals surface area contributed by atoms with Crippen LogP contribution in [-0.4, -0.2) is 17.8 Å². The smallest absolute Gasteiger partial charge is 0.172 e. The minimum atomic E-state index is -0.263. The van der Waals surface area contributed by atoms with Crippen LogP contribution in [0.15, 0.2) is 18.2 Å². The highest BCUT2D eigenvalue weighted by molar-refractivity contribution is 7.99. The van der Waals surface area contributed by atoms with Crippen molar-refractivity contribution in [2.24, 2.45) is 0 Å². The van der Waals surface area contributed by atoms with E-state index in [2.05, 4.69) is 0 Å². The van der Waals surface area contributed by atoms with Crippen LogP contribution in [0.25, 0.3) is 0 Å². The van der Waals surface area contributed by atoms with Gasteiger partial charge in [-0.15, -0.1) is 0 Å². The Labute approximate surface area is 81.3 Å². The molecule has 0 bridgehead atoms. The Morgan fingerprint density at radius 3 is 2.77 bits per heavy atom. The van der Waals surface area contributed by atoms with Crippen molar-refractivity contribution in [2.75, 3.05) is 12.0 Å². The quantitative estimate of drug-likeness (QED) is 0.694. The number of hydrogen-bond donors (Lipinski definition) is 0. The van der Waals surface area contributed by atoms with E-state index in [1.807, 2.05) is 6.26 Å². The van der Waals surface area contributed by atoms with Gasteiger partial charge in [0.2, 0.25) is 0 Å². The summed E-state index contributed by atoms with van der Waals surface area (Å²) in [5, 5.41) is 0. The second kappa shape index (κ2) is 4.42. The molecule has 0 heterocycles. The normalized spacial score (nSPS) is 10.1. The van der Waals surface area contributed by atoms with Crippen molar-refractivity contribution >= 4 is 17.5 Å². The molecule has 0 radical (unpaired) electrons. The van der Waals surface area contributed by atoms with Gasteiger partial charge in [0.05, 0.1) is 5.75 Å². The number of ketones is 1. The number of halogens is 1. The molecule has 0 fully saturated rings. The first kappa shape index (κ1) is 10.3. The molecule has 0 saturated carbocycles. The van der Waals surface area contributed by atoms with Gasteiger partial charge in [-0.3, -0.25) is 4.79 Å². The summed E-state index contributed by atoms with van der Waals surface area (Å²) in [5.74, 6) is 0.238. The summed E-state index contributed by atoms with van der Waals surface area (Å²) in [6.45, 7) is 1.66. The Kier molecular flexibility index (Phi) is 3.48. The zero-order valence-electron chi connectivity index (χ0n) is 7.63. The fraction of sp³-hybridized carbons (Fsp3) is 0.300. The van der Waals surface area contributed by atoms with E-state index in [9.17, 15) is 9.18 Å². The summed E-state index contributed by atoms with van der Waals surface area (Å²) in [7, 11) is 0. The molecule has 0 atom stereocenters. The van der Waals surface area contributed by atoms with E-state index in [0.717, 1.165) is 0 Å². The van der Waals surface area contributed by atoms with Crippen LogP contribution in [-0.2, 0) is 0 Å². The van der Waals surface area contributed by atoms with Gasteiger partial charge in [-0.05, 0) is 36.9 Å². The summed E-state index contributed by atoms with van der Waals surface area (Å²) in [6.07, 6.45) is 1.87. The number of aryl methyl sites for hydroxylation is 1. The van der Waals surface area contributed by atoms with Gasteiger partial charge in [-0.25, -0.2) is 4.39 Å². The highest BCUT2D eigenvalue weighted by atomic mass is 32.2. The molecule has 70 valence electrons. The van der Waals surface area contributed by atoms with Gasteiger partial charge in [-0.2, -0.15) is 11.8 Å². The largest absolute Gasteiger partial charge is 0.293 e. The maximum Gasteiger partial charge on any atom is 0.172 e. The Bertz CT molecular complexity index is 323. The van der Waals surface area contributed by atoms with Crippen molar-refractivity contribution in [2.45, 2.75) is 6.92 Å². The number of thioether (sulfide) groups is 1. The Morgan fingerprint density at radius 1 is 1.54 bits per heavy atom. The highest BCUT2D eigenvalue weighted by Crippen LogP contribution is 2.11. The first-order valence-corrected chi connectivity index (χ1v) is 5.33. The van der Waals surface area contributed by atoms with Crippen molar-refractivity contribution in [3.63, 3.8) is 0 Å². The summed E-state index contributed by atoms with van der Waals surface area (Å²) < 4.78 is 12.8. The molecule has 0 unspecified atom stereocenters. The third-order valence-electron chi connectivity index (χ3n) is 1.76. The van der Waals surface area contributed by atoms with E-state index < -0.39 is 0 Å². The molecule has 0 aliphatic carbocycles. The van der Waals surface area contributed by atoms with Crippen LogP contribution in [0.1, 0.15) is 15.9 Å². The summed E-state index contributed by atoms with van der Waals surface area (Å²) in [6, 6.07) is 4.46. The van der Waals surface area contributed by atoms with Gasteiger partial charge in [0, 0.05) is 5.56 Å². The van der Waals surface area contributed by atoms with Gasteiger partial charge >= 0.3 is 0 Å². The standard InChI is InChI=1S/C10H11FOS/c1-7-5-8(3-4-9(7)11)10(12)6-13-2/h3-5H,6H2,1-2H3. The molecule has 0 saturated heterocycles. The number of benzene rings is 1. The molecule has 1 aromatic rings. The molecule has 1 aromatic carbocycles. The Hall–Kier alpha value is -0.830.